The minimum absolute atomic E-state index is 0.00125. The lowest BCUT2D eigenvalue weighted by atomic mass is 10.1. The fourth-order valence-electron chi connectivity index (χ4n) is 1.59. The van der Waals surface area contributed by atoms with Crippen molar-refractivity contribution >= 4 is 0 Å². The molecule has 2 rings (SSSR count). The Morgan fingerprint density at radius 3 is 2.84 bits per heavy atom. The zero-order valence-corrected chi connectivity index (χ0v) is 10.1. The van der Waals surface area contributed by atoms with Crippen LogP contribution < -0.4 is 4.74 Å². The van der Waals surface area contributed by atoms with Crippen molar-refractivity contribution in [1.29, 1.82) is 0 Å². The summed E-state index contributed by atoms with van der Waals surface area (Å²) in [6.07, 6.45) is -0.767. The highest BCUT2D eigenvalue weighted by Crippen LogP contribution is 2.22. The lowest BCUT2D eigenvalue weighted by Crippen LogP contribution is -2.06. The molecule has 0 saturated carbocycles. The van der Waals surface area contributed by atoms with Crippen molar-refractivity contribution in [2.24, 2.45) is 7.05 Å². The van der Waals surface area contributed by atoms with Gasteiger partial charge in [0.05, 0.1) is 13.2 Å². The molecule has 1 N–H and O–H groups in total. The first-order chi connectivity index (χ1) is 9.04. The molecule has 0 aliphatic carbocycles. The third-order valence-electron chi connectivity index (χ3n) is 2.39. The summed E-state index contributed by atoms with van der Waals surface area (Å²) >= 11 is 0. The average Bonchev–Trinajstić information content (AvgIpc) is 2.74. The van der Waals surface area contributed by atoms with Crippen molar-refractivity contribution in [2.75, 3.05) is 0 Å². The molecule has 0 radical (unpaired) electrons. The first-order valence-corrected chi connectivity index (χ1v) is 5.50. The Labute approximate surface area is 107 Å². The Balaban J connectivity index is 2.08. The second-order valence-electron chi connectivity index (χ2n) is 3.87. The number of alkyl halides is 2. The van der Waals surface area contributed by atoms with Gasteiger partial charge in [-0.15, -0.1) is 10.2 Å². The Morgan fingerprint density at radius 1 is 1.42 bits per heavy atom. The molecule has 0 spiro atoms. The van der Waals surface area contributed by atoms with Crippen LogP contribution in [0.5, 0.6) is 5.75 Å². The largest absolute Gasteiger partial charge is 0.435 e. The maximum Gasteiger partial charge on any atom is 0.387 e. The molecular formula is C11H12F2N4O2. The van der Waals surface area contributed by atoms with Crippen LogP contribution in [0.2, 0.25) is 0 Å². The van der Waals surface area contributed by atoms with Gasteiger partial charge in [0.1, 0.15) is 5.75 Å². The molecule has 1 unspecified atom stereocenters. The molecule has 0 saturated heterocycles. The van der Waals surface area contributed by atoms with Crippen molar-refractivity contribution < 1.29 is 18.6 Å². The molecule has 0 amide bonds. The molecule has 6 nitrogen and oxygen atoms in total. The van der Waals surface area contributed by atoms with Gasteiger partial charge in [0, 0.05) is 6.42 Å². The number of rotatable bonds is 5. The molecule has 19 heavy (non-hydrogen) atoms. The quantitative estimate of drug-likeness (QED) is 0.880. The normalized spacial score (nSPS) is 12.7. The van der Waals surface area contributed by atoms with Crippen molar-refractivity contribution in [2.45, 2.75) is 19.1 Å². The third-order valence-corrected chi connectivity index (χ3v) is 2.39. The molecule has 1 atom stereocenters. The number of halogens is 2. The Bertz CT molecular complexity index is 547. The molecule has 102 valence electrons. The number of hydrogen-bond donors (Lipinski definition) is 1. The summed E-state index contributed by atoms with van der Waals surface area (Å²) < 4.78 is 28.4. The number of hydrogen-bond acceptors (Lipinski definition) is 5. The van der Waals surface area contributed by atoms with Crippen LogP contribution in [-0.4, -0.2) is 31.9 Å². The molecule has 8 heteroatoms. The van der Waals surface area contributed by atoms with E-state index in [4.69, 9.17) is 0 Å². The topological polar surface area (TPSA) is 73.1 Å². The van der Waals surface area contributed by atoms with Gasteiger partial charge in [-0.3, -0.25) is 0 Å². The molecule has 0 aliphatic rings. The molecule has 0 bridgehead atoms. The number of aliphatic hydroxyl groups excluding tert-OH is 1. The Kier molecular flexibility index (Phi) is 4.00. The summed E-state index contributed by atoms with van der Waals surface area (Å²) in [5.74, 6) is 0.369. The smallest absolute Gasteiger partial charge is 0.387 e. The first-order valence-electron chi connectivity index (χ1n) is 5.50. The number of aryl methyl sites for hydroxylation is 1. The summed E-state index contributed by atoms with van der Waals surface area (Å²) in [6.45, 7) is -2.89. The number of benzene rings is 1. The number of aliphatic hydroxyl groups is 1. The fourth-order valence-corrected chi connectivity index (χ4v) is 1.59. The Hall–Kier alpha value is -2.09. The summed E-state index contributed by atoms with van der Waals surface area (Å²) in [5, 5.41) is 21.3. The van der Waals surface area contributed by atoms with Crippen LogP contribution in [0.25, 0.3) is 0 Å². The number of aromatic nitrogens is 4. The van der Waals surface area contributed by atoms with Gasteiger partial charge in [0.25, 0.3) is 0 Å². The summed E-state index contributed by atoms with van der Waals surface area (Å²) in [6, 6.07) is 5.88. The first kappa shape index (κ1) is 13.3. The van der Waals surface area contributed by atoms with Crippen LogP contribution >= 0.6 is 0 Å². The van der Waals surface area contributed by atoms with Gasteiger partial charge in [-0.2, -0.15) is 13.6 Å². The Morgan fingerprint density at radius 2 is 2.21 bits per heavy atom. The van der Waals surface area contributed by atoms with Crippen molar-refractivity contribution in [3.05, 3.63) is 35.7 Å². The van der Waals surface area contributed by atoms with E-state index in [0.717, 1.165) is 0 Å². The average molecular weight is 270 g/mol. The molecule has 0 aliphatic heterocycles. The monoisotopic (exact) mass is 270 g/mol. The van der Waals surface area contributed by atoms with Crippen LogP contribution in [0.4, 0.5) is 8.78 Å². The van der Waals surface area contributed by atoms with Gasteiger partial charge >= 0.3 is 6.61 Å². The summed E-state index contributed by atoms with van der Waals surface area (Å²) in [4.78, 5) is 1.28. The second kappa shape index (κ2) is 5.70. The fraction of sp³-hybridized carbons (Fsp3) is 0.364. The number of nitrogens with zero attached hydrogens (tertiary/aromatic N) is 4. The van der Waals surface area contributed by atoms with Crippen LogP contribution in [0.15, 0.2) is 24.3 Å². The van der Waals surface area contributed by atoms with E-state index < -0.39 is 12.7 Å². The van der Waals surface area contributed by atoms with E-state index >= 15 is 0 Å². The van der Waals surface area contributed by atoms with E-state index in [2.05, 4.69) is 20.1 Å². The minimum Gasteiger partial charge on any atom is -0.435 e. The van der Waals surface area contributed by atoms with E-state index in [1.807, 2.05) is 0 Å². The standard InChI is InChI=1S/C11H12F2N4O2/c1-17-15-10(14-16-17)6-9(18)7-3-2-4-8(5-7)19-11(12)13/h2-5,9,11,18H,6H2,1H3. The van der Waals surface area contributed by atoms with Gasteiger partial charge in [0.2, 0.25) is 0 Å². The minimum atomic E-state index is -2.89. The highest BCUT2D eigenvalue weighted by atomic mass is 19.3. The SMILES string of the molecule is Cn1nnc(CC(O)c2cccc(OC(F)F)c2)n1. The van der Waals surface area contributed by atoms with Crippen molar-refractivity contribution in [1.82, 2.24) is 20.2 Å². The van der Waals surface area contributed by atoms with E-state index in [9.17, 15) is 13.9 Å². The molecule has 1 heterocycles. The molecule has 2 aromatic rings. The zero-order chi connectivity index (χ0) is 13.8. The number of ether oxygens (including phenoxy) is 1. The predicted octanol–water partition coefficient (Wildman–Crippen LogP) is 1.09. The molecule has 1 aromatic carbocycles. The molecular weight excluding hydrogens is 258 g/mol. The van der Waals surface area contributed by atoms with Crippen molar-refractivity contribution in [3.63, 3.8) is 0 Å². The van der Waals surface area contributed by atoms with Crippen LogP contribution in [0, 0.1) is 0 Å². The summed E-state index contributed by atoms with van der Waals surface area (Å²) in [5.41, 5.74) is 0.450. The van der Waals surface area contributed by atoms with Gasteiger partial charge in [0.15, 0.2) is 5.82 Å². The lowest BCUT2D eigenvalue weighted by molar-refractivity contribution is -0.0499. The predicted molar refractivity (Wildman–Crippen MR) is 60.5 cm³/mol. The maximum atomic E-state index is 12.1. The van der Waals surface area contributed by atoms with Gasteiger partial charge < -0.3 is 9.84 Å². The van der Waals surface area contributed by atoms with Crippen LogP contribution in [0.3, 0.4) is 0 Å². The molecule has 1 aromatic heterocycles. The van der Waals surface area contributed by atoms with Gasteiger partial charge in [-0.25, -0.2) is 0 Å². The molecule has 0 fully saturated rings. The lowest BCUT2D eigenvalue weighted by Gasteiger charge is -2.10. The second-order valence-corrected chi connectivity index (χ2v) is 3.87. The third kappa shape index (κ3) is 3.68. The van der Waals surface area contributed by atoms with Crippen molar-refractivity contribution in [3.8, 4) is 5.75 Å². The van der Waals surface area contributed by atoms with E-state index in [1.54, 1.807) is 13.1 Å². The highest BCUT2D eigenvalue weighted by Gasteiger charge is 2.13. The van der Waals surface area contributed by atoms with E-state index in [0.29, 0.717) is 11.4 Å². The van der Waals surface area contributed by atoms with Gasteiger partial charge in [-0.05, 0) is 22.9 Å². The van der Waals surface area contributed by atoms with Gasteiger partial charge in [-0.1, -0.05) is 12.1 Å². The van der Waals surface area contributed by atoms with Crippen LogP contribution in [-0.2, 0) is 13.5 Å². The maximum absolute atomic E-state index is 12.1. The summed E-state index contributed by atoms with van der Waals surface area (Å²) in [7, 11) is 1.61. The van der Waals surface area contributed by atoms with E-state index in [-0.39, 0.29) is 12.2 Å². The van der Waals surface area contributed by atoms with Crippen LogP contribution in [0.1, 0.15) is 17.5 Å². The number of tetrazole rings is 1. The zero-order valence-electron chi connectivity index (χ0n) is 10.1. The van der Waals surface area contributed by atoms with E-state index in [1.165, 1.54) is 23.0 Å². The highest BCUT2D eigenvalue weighted by molar-refractivity contribution is 5.30.